The Balaban J connectivity index is 1.99. The van der Waals surface area contributed by atoms with E-state index in [1.54, 1.807) is 0 Å². The normalized spacial score (nSPS) is 24.4. The summed E-state index contributed by atoms with van der Waals surface area (Å²) in [5.41, 5.74) is 2.17. The minimum Gasteiger partial charge on any atom is -0.370 e. The van der Waals surface area contributed by atoms with Crippen molar-refractivity contribution >= 4 is 5.82 Å². The molecule has 0 saturated carbocycles. The molecule has 19 heavy (non-hydrogen) atoms. The maximum atomic E-state index is 11.8. The van der Waals surface area contributed by atoms with Crippen LogP contribution in [-0.4, -0.2) is 41.5 Å². The quantitative estimate of drug-likeness (QED) is 0.801. The van der Waals surface area contributed by atoms with Crippen molar-refractivity contribution in [1.82, 2.24) is 14.9 Å². The minimum absolute atomic E-state index is 0.212. The number of likely N-dealkylation sites (tertiary alicyclic amines) is 1. The second-order valence-electron chi connectivity index (χ2n) is 5.77. The predicted molar refractivity (Wildman–Crippen MR) is 75.8 cm³/mol. The Bertz CT molecular complexity index is 511. The molecule has 0 amide bonds. The van der Waals surface area contributed by atoms with Crippen LogP contribution >= 0.6 is 0 Å². The third kappa shape index (κ3) is 2.66. The van der Waals surface area contributed by atoms with Crippen molar-refractivity contribution in [1.29, 1.82) is 0 Å². The molecule has 5 nitrogen and oxygen atoms in total. The smallest absolute Gasteiger partial charge is 0.347 e. The molecule has 0 bridgehead atoms. The molecule has 2 aliphatic rings. The summed E-state index contributed by atoms with van der Waals surface area (Å²) in [7, 11) is 2.16. The Morgan fingerprint density at radius 2 is 2.21 bits per heavy atom. The number of H-pyrrole nitrogens is 1. The molecule has 1 fully saturated rings. The van der Waals surface area contributed by atoms with Crippen LogP contribution in [0.2, 0.25) is 0 Å². The fraction of sp³-hybridized carbons (Fsp3) is 0.714. The molecule has 1 unspecified atom stereocenters. The maximum Gasteiger partial charge on any atom is 0.347 e. The van der Waals surface area contributed by atoms with Crippen LogP contribution in [0, 0.1) is 0 Å². The van der Waals surface area contributed by atoms with Gasteiger partial charge in [-0.1, -0.05) is 0 Å². The molecule has 0 radical (unpaired) electrons. The Kier molecular flexibility index (Phi) is 3.55. The highest BCUT2D eigenvalue weighted by Crippen LogP contribution is 2.30. The van der Waals surface area contributed by atoms with Gasteiger partial charge >= 0.3 is 5.69 Å². The van der Waals surface area contributed by atoms with Crippen molar-refractivity contribution in [2.24, 2.45) is 0 Å². The molecule has 2 N–H and O–H groups in total. The van der Waals surface area contributed by atoms with Gasteiger partial charge in [0.2, 0.25) is 0 Å². The second-order valence-corrected chi connectivity index (χ2v) is 5.77. The van der Waals surface area contributed by atoms with Crippen LogP contribution in [-0.2, 0) is 6.42 Å². The number of aromatic nitrogens is 2. The van der Waals surface area contributed by atoms with Crippen LogP contribution in [0.3, 0.4) is 0 Å². The lowest BCUT2D eigenvalue weighted by Crippen LogP contribution is -2.33. The SMILES string of the molecule is CN1CCCC(c2[nH]c(=O)nc3c2CCCCN3)C1. The average molecular weight is 262 g/mol. The van der Waals surface area contributed by atoms with Gasteiger partial charge < -0.3 is 15.2 Å². The molecule has 5 heteroatoms. The highest BCUT2D eigenvalue weighted by atomic mass is 16.1. The zero-order valence-electron chi connectivity index (χ0n) is 11.5. The number of nitrogens with one attached hydrogen (secondary N) is 2. The monoisotopic (exact) mass is 262 g/mol. The molecule has 1 atom stereocenters. The number of rotatable bonds is 1. The summed E-state index contributed by atoms with van der Waals surface area (Å²) in [6.07, 6.45) is 5.71. The van der Waals surface area contributed by atoms with Gasteiger partial charge in [-0.05, 0) is 45.7 Å². The molecule has 3 rings (SSSR count). The van der Waals surface area contributed by atoms with Crippen molar-refractivity contribution in [3.8, 4) is 0 Å². The van der Waals surface area contributed by atoms with Crippen LogP contribution in [0.1, 0.15) is 42.9 Å². The lowest BCUT2D eigenvalue weighted by molar-refractivity contribution is 0.247. The highest BCUT2D eigenvalue weighted by molar-refractivity contribution is 5.48. The van der Waals surface area contributed by atoms with Crippen LogP contribution < -0.4 is 11.0 Å². The predicted octanol–water partition coefficient (Wildman–Crippen LogP) is 1.33. The summed E-state index contributed by atoms with van der Waals surface area (Å²) in [5.74, 6) is 1.27. The third-order valence-corrected chi connectivity index (χ3v) is 4.24. The van der Waals surface area contributed by atoms with Gasteiger partial charge in [-0.15, -0.1) is 0 Å². The molecule has 0 aliphatic carbocycles. The lowest BCUT2D eigenvalue weighted by atomic mass is 9.90. The first-order valence-electron chi connectivity index (χ1n) is 7.29. The largest absolute Gasteiger partial charge is 0.370 e. The van der Waals surface area contributed by atoms with E-state index in [0.717, 1.165) is 50.4 Å². The van der Waals surface area contributed by atoms with E-state index < -0.39 is 0 Å². The fourth-order valence-corrected chi connectivity index (χ4v) is 3.30. The van der Waals surface area contributed by atoms with Gasteiger partial charge in [-0.2, -0.15) is 4.98 Å². The first-order chi connectivity index (χ1) is 9.24. The summed E-state index contributed by atoms with van der Waals surface area (Å²) < 4.78 is 0. The summed E-state index contributed by atoms with van der Waals surface area (Å²) in [4.78, 5) is 21.3. The van der Waals surface area contributed by atoms with Gasteiger partial charge in [0.1, 0.15) is 5.82 Å². The minimum atomic E-state index is -0.212. The summed E-state index contributed by atoms with van der Waals surface area (Å²) in [6, 6.07) is 0. The van der Waals surface area contributed by atoms with Gasteiger partial charge in [-0.3, -0.25) is 0 Å². The van der Waals surface area contributed by atoms with Crippen molar-refractivity contribution in [2.75, 3.05) is 32.0 Å². The first-order valence-corrected chi connectivity index (χ1v) is 7.29. The van der Waals surface area contributed by atoms with Crippen LogP contribution in [0.25, 0.3) is 0 Å². The molecule has 1 aromatic heterocycles. The lowest BCUT2D eigenvalue weighted by Gasteiger charge is -2.30. The molecule has 0 spiro atoms. The molecule has 1 aromatic rings. The Labute approximate surface area is 113 Å². The van der Waals surface area contributed by atoms with E-state index in [4.69, 9.17) is 0 Å². The number of piperidine rings is 1. The van der Waals surface area contributed by atoms with Crippen molar-refractivity contribution < 1.29 is 0 Å². The van der Waals surface area contributed by atoms with Gasteiger partial charge in [0.05, 0.1) is 0 Å². The molecular formula is C14H22N4O. The van der Waals surface area contributed by atoms with Gasteiger partial charge in [0, 0.05) is 30.3 Å². The Morgan fingerprint density at radius 1 is 1.32 bits per heavy atom. The fourth-order valence-electron chi connectivity index (χ4n) is 3.30. The van der Waals surface area contributed by atoms with E-state index in [1.807, 2.05) is 0 Å². The third-order valence-electron chi connectivity index (χ3n) is 4.24. The van der Waals surface area contributed by atoms with Gasteiger partial charge in [-0.25, -0.2) is 4.79 Å². The topological polar surface area (TPSA) is 61.0 Å². The average Bonchev–Trinajstić information content (AvgIpc) is 2.63. The van der Waals surface area contributed by atoms with E-state index in [1.165, 1.54) is 18.4 Å². The number of hydrogen-bond donors (Lipinski definition) is 2. The standard InChI is InChI=1S/C14H22N4O/c1-18-8-4-5-10(9-18)12-11-6-2-3-7-15-13(11)17-14(19)16-12/h10H,2-9H2,1H3,(H2,15,16,17,19). The Morgan fingerprint density at radius 3 is 3.05 bits per heavy atom. The number of aromatic amines is 1. The van der Waals surface area contributed by atoms with E-state index in [-0.39, 0.29) is 5.69 Å². The first kappa shape index (κ1) is 12.7. The maximum absolute atomic E-state index is 11.8. The van der Waals surface area contributed by atoms with E-state index >= 15 is 0 Å². The molecule has 104 valence electrons. The van der Waals surface area contributed by atoms with Crippen LogP contribution in [0.15, 0.2) is 4.79 Å². The van der Waals surface area contributed by atoms with Crippen LogP contribution in [0.4, 0.5) is 5.82 Å². The number of nitrogens with zero attached hydrogens (tertiary/aromatic N) is 2. The number of hydrogen-bond acceptors (Lipinski definition) is 4. The van der Waals surface area contributed by atoms with Gasteiger partial charge in [0.15, 0.2) is 0 Å². The number of anilines is 1. The van der Waals surface area contributed by atoms with Crippen LogP contribution in [0.5, 0.6) is 0 Å². The number of fused-ring (bicyclic) bond motifs is 1. The molecular weight excluding hydrogens is 240 g/mol. The van der Waals surface area contributed by atoms with Crippen molar-refractivity contribution in [2.45, 2.75) is 38.0 Å². The Hall–Kier alpha value is -1.36. The summed E-state index contributed by atoms with van der Waals surface area (Å²) in [5, 5.41) is 3.31. The highest BCUT2D eigenvalue weighted by Gasteiger charge is 2.25. The second kappa shape index (κ2) is 5.33. The number of likely N-dealkylation sites (N-methyl/N-ethyl adjacent to an activating group) is 1. The summed E-state index contributed by atoms with van der Waals surface area (Å²) >= 11 is 0. The van der Waals surface area contributed by atoms with Crippen molar-refractivity contribution in [3.63, 3.8) is 0 Å². The van der Waals surface area contributed by atoms with E-state index in [0.29, 0.717) is 5.92 Å². The summed E-state index contributed by atoms with van der Waals surface area (Å²) in [6.45, 7) is 3.12. The van der Waals surface area contributed by atoms with Gasteiger partial charge in [0.25, 0.3) is 0 Å². The zero-order valence-corrected chi connectivity index (χ0v) is 11.5. The molecule has 1 saturated heterocycles. The molecule has 2 aliphatic heterocycles. The molecule has 3 heterocycles. The zero-order chi connectivity index (χ0) is 13.2. The van der Waals surface area contributed by atoms with E-state index in [9.17, 15) is 4.79 Å². The van der Waals surface area contributed by atoms with E-state index in [2.05, 4.69) is 27.2 Å². The molecule has 0 aromatic carbocycles. The van der Waals surface area contributed by atoms with Crippen molar-refractivity contribution in [3.05, 3.63) is 21.7 Å².